The van der Waals surface area contributed by atoms with Crippen LogP contribution in [0.5, 0.6) is 0 Å². The topological polar surface area (TPSA) is 68.1 Å². The summed E-state index contributed by atoms with van der Waals surface area (Å²) in [5.41, 5.74) is 1.89. The van der Waals surface area contributed by atoms with Crippen molar-refractivity contribution in [2.75, 3.05) is 13.1 Å². The van der Waals surface area contributed by atoms with Crippen LogP contribution < -0.4 is 5.56 Å². The van der Waals surface area contributed by atoms with Crippen LogP contribution in [0.15, 0.2) is 10.9 Å². The van der Waals surface area contributed by atoms with Gasteiger partial charge in [-0.2, -0.15) is 4.98 Å². The van der Waals surface area contributed by atoms with Crippen LogP contribution in [0, 0.1) is 13.8 Å². The Morgan fingerprint density at radius 3 is 2.88 bits per heavy atom. The van der Waals surface area contributed by atoms with Crippen molar-refractivity contribution in [1.82, 2.24) is 19.4 Å². The Morgan fingerprint density at radius 2 is 2.12 bits per heavy atom. The summed E-state index contributed by atoms with van der Waals surface area (Å²) in [6.07, 6.45) is 4.35. The van der Waals surface area contributed by atoms with Crippen LogP contribution in [0.25, 0.3) is 0 Å². The number of thiazole rings is 1. The molecule has 1 amide bonds. The van der Waals surface area contributed by atoms with E-state index in [1.54, 1.807) is 17.4 Å². The predicted octanol–water partition coefficient (Wildman–Crippen LogP) is 2.21. The molecule has 1 atom stereocenters. The summed E-state index contributed by atoms with van der Waals surface area (Å²) in [5.74, 6) is 1.30. The molecule has 0 aliphatic carbocycles. The van der Waals surface area contributed by atoms with E-state index in [1.807, 2.05) is 18.7 Å². The molecule has 1 unspecified atom stereocenters. The highest BCUT2D eigenvalue weighted by atomic mass is 32.1. The van der Waals surface area contributed by atoms with E-state index in [9.17, 15) is 9.59 Å². The van der Waals surface area contributed by atoms with E-state index >= 15 is 0 Å². The maximum absolute atomic E-state index is 12.8. The van der Waals surface area contributed by atoms with Crippen LogP contribution in [-0.2, 0) is 24.2 Å². The number of amides is 1. The Morgan fingerprint density at radius 1 is 1.27 bits per heavy atom. The van der Waals surface area contributed by atoms with Gasteiger partial charge < -0.3 is 9.47 Å². The highest BCUT2D eigenvalue weighted by Crippen LogP contribution is 2.29. The summed E-state index contributed by atoms with van der Waals surface area (Å²) in [6.45, 7) is 6.37. The van der Waals surface area contributed by atoms with Crippen LogP contribution >= 0.6 is 11.3 Å². The van der Waals surface area contributed by atoms with Crippen LogP contribution in [0.2, 0.25) is 0 Å². The molecule has 4 rings (SSSR count). The Labute approximate surface area is 156 Å². The SMILES string of the molecule is Cc1nc(C)c(CC(=O)N2CCCC(c3cc(=O)nc4n3CCC4)C2)s1. The van der Waals surface area contributed by atoms with Gasteiger partial charge in [-0.25, -0.2) is 4.98 Å². The number of hydrogen-bond acceptors (Lipinski definition) is 5. The average Bonchev–Trinajstić information content (AvgIpc) is 3.20. The minimum absolute atomic E-state index is 0.146. The van der Waals surface area contributed by atoms with Gasteiger partial charge in [0.2, 0.25) is 5.91 Å². The van der Waals surface area contributed by atoms with Crippen molar-refractivity contribution in [1.29, 1.82) is 0 Å². The molecule has 0 saturated carbocycles. The van der Waals surface area contributed by atoms with E-state index in [4.69, 9.17) is 0 Å². The van der Waals surface area contributed by atoms with Gasteiger partial charge in [0.25, 0.3) is 5.56 Å². The van der Waals surface area contributed by atoms with E-state index in [2.05, 4.69) is 14.5 Å². The van der Waals surface area contributed by atoms with Crippen LogP contribution in [-0.4, -0.2) is 38.4 Å². The minimum atomic E-state index is -0.146. The lowest BCUT2D eigenvalue weighted by Crippen LogP contribution is -2.40. The van der Waals surface area contributed by atoms with Gasteiger partial charge in [-0.3, -0.25) is 9.59 Å². The highest BCUT2D eigenvalue weighted by molar-refractivity contribution is 7.11. The zero-order valence-electron chi connectivity index (χ0n) is 15.3. The molecule has 2 aliphatic heterocycles. The maximum atomic E-state index is 12.8. The molecule has 138 valence electrons. The van der Waals surface area contributed by atoms with Gasteiger partial charge in [-0.05, 0) is 33.1 Å². The van der Waals surface area contributed by atoms with Crippen molar-refractivity contribution in [3.05, 3.63) is 43.5 Å². The molecule has 0 bridgehead atoms. The number of fused-ring (bicyclic) bond motifs is 1. The van der Waals surface area contributed by atoms with Gasteiger partial charge in [0, 0.05) is 48.6 Å². The zero-order chi connectivity index (χ0) is 18.3. The van der Waals surface area contributed by atoms with E-state index < -0.39 is 0 Å². The first-order valence-corrected chi connectivity index (χ1v) is 10.1. The molecule has 2 aromatic rings. The fraction of sp³-hybridized carbons (Fsp3) is 0.579. The number of hydrogen-bond donors (Lipinski definition) is 0. The third-order valence-electron chi connectivity index (χ3n) is 5.42. The second-order valence-electron chi connectivity index (χ2n) is 7.29. The Bertz CT molecular complexity index is 901. The molecule has 2 aromatic heterocycles. The Kier molecular flexibility index (Phi) is 4.65. The van der Waals surface area contributed by atoms with Gasteiger partial charge >= 0.3 is 0 Å². The Balaban J connectivity index is 1.52. The van der Waals surface area contributed by atoms with E-state index in [0.717, 1.165) is 65.9 Å². The van der Waals surface area contributed by atoms with E-state index in [0.29, 0.717) is 13.0 Å². The largest absolute Gasteiger partial charge is 0.342 e. The normalized spacial score (nSPS) is 19.6. The summed E-state index contributed by atoms with van der Waals surface area (Å²) in [6, 6.07) is 1.68. The molecule has 0 spiro atoms. The lowest BCUT2D eigenvalue weighted by molar-refractivity contribution is -0.131. The number of aryl methyl sites for hydroxylation is 3. The van der Waals surface area contributed by atoms with Crippen molar-refractivity contribution < 1.29 is 4.79 Å². The monoisotopic (exact) mass is 372 g/mol. The van der Waals surface area contributed by atoms with Gasteiger partial charge in [-0.1, -0.05) is 0 Å². The molecule has 0 aromatic carbocycles. The van der Waals surface area contributed by atoms with Crippen LogP contribution in [0.1, 0.15) is 52.3 Å². The second kappa shape index (κ2) is 6.95. The summed E-state index contributed by atoms with van der Waals surface area (Å²) >= 11 is 1.61. The fourth-order valence-corrected chi connectivity index (χ4v) is 5.12. The lowest BCUT2D eigenvalue weighted by Gasteiger charge is -2.34. The van der Waals surface area contributed by atoms with Crippen molar-refractivity contribution in [2.24, 2.45) is 0 Å². The lowest BCUT2D eigenvalue weighted by atomic mass is 9.93. The smallest absolute Gasteiger partial charge is 0.273 e. The quantitative estimate of drug-likeness (QED) is 0.828. The first kappa shape index (κ1) is 17.4. The van der Waals surface area contributed by atoms with Gasteiger partial charge in [0.1, 0.15) is 5.82 Å². The van der Waals surface area contributed by atoms with Crippen molar-refractivity contribution in [3.63, 3.8) is 0 Å². The third kappa shape index (κ3) is 3.32. The summed E-state index contributed by atoms with van der Waals surface area (Å²) in [4.78, 5) is 36.4. The average molecular weight is 372 g/mol. The number of likely N-dealkylation sites (tertiary alicyclic amines) is 1. The van der Waals surface area contributed by atoms with Gasteiger partial charge in [-0.15, -0.1) is 11.3 Å². The minimum Gasteiger partial charge on any atom is -0.342 e. The first-order chi connectivity index (χ1) is 12.5. The van der Waals surface area contributed by atoms with Gasteiger partial charge in [0.05, 0.1) is 17.1 Å². The first-order valence-electron chi connectivity index (χ1n) is 9.32. The van der Waals surface area contributed by atoms with Gasteiger partial charge in [0.15, 0.2) is 0 Å². The highest BCUT2D eigenvalue weighted by Gasteiger charge is 2.29. The van der Waals surface area contributed by atoms with Crippen LogP contribution in [0.4, 0.5) is 0 Å². The predicted molar refractivity (Wildman–Crippen MR) is 101 cm³/mol. The molecule has 1 fully saturated rings. The molecular weight excluding hydrogens is 348 g/mol. The summed E-state index contributed by atoms with van der Waals surface area (Å²) < 4.78 is 2.21. The molecule has 6 nitrogen and oxygen atoms in total. The third-order valence-corrected chi connectivity index (χ3v) is 6.49. The molecule has 4 heterocycles. The standard InChI is InChI=1S/C19H24N4O2S/c1-12-16(26-13(2)20-12)10-19(25)22-7-3-5-14(11-22)15-9-18(24)21-17-6-4-8-23(15)17/h9,14H,3-8,10-11H2,1-2H3. The molecule has 0 radical (unpaired) electrons. The molecule has 7 heteroatoms. The number of nitrogens with zero attached hydrogens (tertiary/aromatic N) is 4. The number of rotatable bonds is 3. The number of carbonyl (C=O) groups is 1. The Hall–Kier alpha value is -2.02. The van der Waals surface area contributed by atoms with Crippen LogP contribution in [0.3, 0.4) is 0 Å². The van der Waals surface area contributed by atoms with Crippen molar-refractivity contribution in [3.8, 4) is 0 Å². The number of piperidine rings is 1. The zero-order valence-corrected chi connectivity index (χ0v) is 16.1. The molecule has 1 saturated heterocycles. The summed E-state index contributed by atoms with van der Waals surface area (Å²) in [7, 11) is 0. The molecule has 26 heavy (non-hydrogen) atoms. The van der Waals surface area contributed by atoms with Crippen molar-refractivity contribution in [2.45, 2.75) is 58.4 Å². The number of aromatic nitrogens is 3. The van der Waals surface area contributed by atoms with E-state index in [1.165, 1.54) is 0 Å². The molecular formula is C19H24N4O2S. The fourth-order valence-electron chi connectivity index (χ4n) is 4.19. The second-order valence-corrected chi connectivity index (χ2v) is 8.58. The molecule has 0 N–H and O–H groups in total. The maximum Gasteiger partial charge on any atom is 0.273 e. The number of carbonyl (C=O) groups excluding carboxylic acids is 1. The van der Waals surface area contributed by atoms with Crippen molar-refractivity contribution >= 4 is 17.2 Å². The van der Waals surface area contributed by atoms with E-state index in [-0.39, 0.29) is 17.4 Å². The summed E-state index contributed by atoms with van der Waals surface area (Å²) in [5, 5.41) is 1.01. The molecule has 2 aliphatic rings.